The highest BCUT2D eigenvalue weighted by molar-refractivity contribution is 5.96. The van der Waals surface area contributed by atoms with Crippen LogP contribution in [0.4, 0.5) is 13.2 Å². The first-order valence-corrected chi connectivity index (χ1v) is 10.6. The van der Waals surface area contributed by atoms with Crippen molar-refractivity contribution in [3.63, 3.8) is 0 Å². The quantitative estimate of drug-likeness (QED) is 0.620. The molecule has 2 heterocycles. The Morgan fingerprint density at radius 3 is 2.52 bits per heavy atom. The van der Waals surface area contributed by atoms with E-state index >= 15 is 0 Å². The van der Waals surface area contributed by atoms with Gasteiger partial charge in [0.2, 0.25) is 0 Å². The van der Waals surface area contributed by atoms with Crippen molar-refractivity contribution in [3.05, 3.63) is 82.7 Å². The lowest BCUT2D eigenvalue weighted by atomic mass is 10.1. The lowest BCUT2D eigenvalue weighted by Crippen LogP contribution is -2.28. The lowest BCUT2D eigenvalue weighted by molar-refractivity contribution is -0.137. The minimum absolute atomic E-state index is 0.0149. The van der Waals surface area contributed by atoms with Gasteiger partial charge >= 0.3 is 6.18 Å². The predicted molar refractivity (Wildman–Crippen MR) is 116 cm³/mol. The molecule has 2 aromatic carbocycles. The van der Waals surface area contributed by atoms with Gasteiger partial charge in [0.1, 0.15) is 0 Å². The number of benzene rings is 2. The highest BCUT2D eigenvalue weighted by Crippen LogP contribution is 2.30. The van der Waals surface area contributed by atoms with E-state index < -0.39 is 17.6 Å². The summed E-state index contributed by atoms with van der Waals surface area (Å²) in [6.07, 6.45) is -1.12. The van der Waals surface area contributed by atoms with E-state index in [1.165, 1.54) is 23.0 Å². The molecule has 1 saturated heterocycles. The third-order valence-corrected chi connectivity index (χ3v) is 5.69. The predicted octanol–water partition coefficient (Wildman–Crippen LogP) is 4.37. The molecule has 0 unspecified atom stereocenters. The van der Waals surface area contributed by atoms with Gasteiger partial charge in [-0.1, -0.05) is 18.2 Å². The van der Waals surface area contributed by atoms with Gasteiger partial charge in [0, 0.05) is 25.2 Å². The van der Waals surface area contributed by atoms with Crippen molar-refractivity contribution in [3.8, 4) is 5.69 Å². The summed E-state index contributed by atoms with van der Waals surface area (Å²) in [5.74, 6) is -0.416. The second kappa shape index (κ2) is 9.09. The summed E-state index contributed by atoms with van der Waals surface area (Å²) in [5.41, 5.74) is 1.47. The summed E-state index contributed by atoms with van der Waals surface area (Å²) >= 11 is 0. The van der Waals surface area contributed by atoms with Crippen LogP contribution in [-0.4, -0.2) is 39.6 Å². The first kappa shape index (κ1) is 22.6. The maximum atomic E-state index is 13.0. The van der Waals surface area contributed by atoms with Crippen LogP contribution in [-0.2, 0) is 12.7 Å². The van der Waals surface area contributed by atoms with E-state index in [9.17, 15) is 22.8 Å². The molecule has 0 saturated carbocycles. The highest BCUT2D eigenvalue weighted by Gasteiger charge is 2.30. The van der Waals surface area contributed by atoms with Crippen LogP contribution >= 0.6 is 0 Å². The molecule has 33 heavy (non-hydrogen) atoms. The molecule has 3 aromatic rings. The van der Waals surface area contributed by atoms with Gasteiger partial charge in [-0.15, -0.1) is 0 Å². The maximum Gasteiger partial charge on any atom is 0.416 e. The molecule has 0 spiro atoms. The molecule has 6 nitrogen and oxygen atoms in total. The van der Waals surface area contributed by atoms with Gasteiger partial charge in [0.15, 0.2) is 0 Å². The SMILES string of the molecule is Cc1c(C(=O)NCc2cccc(C(=O)N3CCCC3)c2)cnn1-c1cccc(C(F)(F)F)c1. The van der Waals surface area contributed by atoms with E-state index in [0.717, 1.165) is 43.6 Å². The standard InChI is InChI=1S/C24H23F3N4O2/c1-16-21(15-29-31(16)20-9-5-8-19(13-20)24(25,26)27)22(32)28-14-17-6-4-7-18(12-17)23(33)30-10-2-3-11-30/h4-9,12-13,15H,2-3,10-11,14H2,1H3,(H,28,32). The normalized spacial score (nSPS) is 13.9. The van der Waals surface area contributed by atoms with Gasteiger partial charge in [-0.2, -0.15) is 18.3 Å². The Balaban J connectivity index is 1.46. The molecule has 0 bridgehead atoms. The fourth-order valence-corrected chi connectivity index (χ4v) is 3.90. The molecule has 1 aliphatic heterocycles. The van der Waals surface area contributed by atoms with Crippen LogP contribution < -0.4 is 5.32 Å². The number of likely N-dealkylation sites (tertiary alicyclic amines) is 1. The van der Waals surface area contributed by atoms with Crippen LogP contribution in [0.2, 0.25) is 0 Å². The number of hydrogen-bond donors (Lipinski definition) is 1. The fourth-order valence-electron chi connectivity index (χ4n) is 3.90. The molecule has 4 rings (SSSR count). The molecule has 0 radical (unpaired) electrons. The Hall–Kier alpha value is -3.62. The summed E-state index contributed by atoms with van der Waals surface area (Å²) in [7, 11) is 0. The first-order chi connectivity index (χ1) is 15.7. The van der Waals surface area contributed by atoms with Crippen LogP contribution in [0.3, 0.4) is 0 Å². The Bertz CT molecular complexity index is 1180. The largest absolute Gasteiger partial charge is 0.416 e. The Morgan fingerprint density at radius 2 is 1.79 bits per heavy atom. The summed E-state index contributed by atoms with van der Waals surface area (Å²) in [6.45, 7) is 3.34. The zero-order valence-corrected chi connectivity index (χ0v) is 18.0. The molecule has 0 aliphatic carbocycles. The number of rotatable bonds is 5. The van der Waals surface area contributed by atoms with Crippen LogP contribution in [0.5, 0.6) is 0 Å². The van der Waals surface area contributed by atoms with Gasteiger partial charge < -0.3 is 10.2 Å². The Labute approximate surface area is 189 Å². The van der Waals surface area contributed by atoms with Crippen molar-refractivity contribution in [2.75, 3.05) is 13.1 Å². The summed E-state index contributed by atoms with van der Waals surface area (Å²) < 4.78 is 40.4. The van der Waals surface area contributed by atoms with Crippen LogP contribution in [0.25, 0.3) is 5.69 Å². The molecule has 9 heteroatoms. The van der Waals surface area contributed by atoms with E-state index in [1.54, 1.807) is 25.1 Å². The van der Waals surface area contributed by atoms with E-state index in [1.807, 2.05) is 11.0 Å². The second-order valence-electron chi connectivity index (χ2n) is 7.99. The molecule has 1 aliphatic rings. The van der Waals surface area contributed by atoms with Gasteiger partial charge in [-0.05, 0) is 55.7 Å². The Kier molecular flexibility index (Phi) is 6.22. The number of carbonyl (C=O) groups excluding carboxylic acids is 2. The molecular weight excluding hydrogens is 433 g/mol. The van der Waals surface area contributed by atoms with Crippen molar-refractivity contribution in [2.45, 2.75) is 32.5 Å². The third-order valence-electron chi connectivity index (χ3n) is 5.69. The number of aromatic nitrogens is 2. The first-order valence-electron chi connectivity index (χ1n) is 10.6. The molecule has 2 amide bonds. The minimum atomic E-state index is -4.47. The van der Waals surface area contributed by atoms with Crippen molar-refractivity contribution < 1.29 is 22.8 Å². The van der Waals surface area contributed by atoms with Gasteiger partial charge in [0.25, 0.3) is 11.8 Å². The molecule has 1 aromatic heterocycles. The molecule has 0 atom stereocenters. The van der Waals surface area contributed by atoms with Crippen LogP contribution in [0.15, 0.2) is 54.7 Å². The van der Waals surface area contributed by atoms with Crippen molar-refractivity contribution >= 4 is 11.8 Å². The topological polar surface area (TPSA) is 67.2 Å². The van der Waals surface area contributed by atoms with E-state index in [-0.39, 0.29) is 23.7 Å². The van der Waals surface area contributed by atoms with Crippen molar-refractivity contribution in [2.24, 2.45) is 0 Å². The average Bonchev–Trinajstić information content (AvgIpc) is 3.47. The molecule has 1 fully saturated rings. The summed E-state index contributed by atoms with van der Waals surface area (Å²) in [6, 6.07) is 11.9. The van der Waals surface area contributed by atoms with Crippen molar-refractivity contribution in [1.82, 2.24) is 20.0 Å². The number of hydrogen-bond acceptors (Lipinski definition) is 3. The van der Waals surface area contributed by atoms with E-state index in [4.69, 9.17) is 0 Å². The van der Waals surface area contributed by atoms with Crippen LogP contribution in [0, 0.1) is 6.92 Å². The average molecular weight is 456 g/mol. The van der Waals surface area contributed by atoms with Gasteiger partial charge in [-0.3, -0.25) is 9.59 Å². The number of amides is 2. The van der Waals surface area contributed by atoms with E-state index in [2.05, 4.69) is 10.4 Å². The number of nitrogens with one attached hydrogen (secondary N) is 1. The molecule has 1 N–H and O–H groups in total. The minimum Gasteiger partial charge on any atom is -0.348 e. The summed E-state index contributed by atoms with van der Waals surface area (Å²) in [5, 5.41) is 6.90. The number of nitrogens with zero attached hydrogens (tertiary/aromatic N) is 3. The van der Waals surface area contributed by atoms with E-state index in [0.29, 0.717) is 11.3 Å². The van der Waals surface area contributed by atoms with Crippen molar-refractivity contribution in [1.29, 1.82) is 0 Å². The third kappa shape index (κ3) is 4.92. The zero-order chi connectivity index (χ0) is 23.6. The monoisotopic (exact) mass is 456 g/mol. The van der Waals surface area contributed by atoms with Gasteiger partial charge in [0.05, 0.1) is 28.7 Å². The zero-order valence-electron chi connectivity index (χ0n) is 18.0. The molecule has 172 valence electrons. The smallest absolute Gasteiger partial charge is 0.348 e. The second-order valence-corrected chi connectivity index (χ2v) is 7.99. The van der Waals surface area contributed by atoms with Crippen LogP contribution in [0.1, 0.15) is 50.4 Å². The fraction of sp³-hybridized carbons (Fsp3) is 0.292. The lowest BCUT2D eigenvalue weighted by Gasteiger charge is -2.15. The number of halogens is 3. The number of alkyl halides is 3. The van der Waals surface area contributed by atoms with Gasteiger partial charge in [-0.25, -0.2) is 4.68 Å². The maximum absolute atomic E-state index is 13.0. The summed E-state index contributed by atoms with van der Waals surface area (Å²) in [4.78, 5) is 27.1. The molecular formula is C24H23F3N4O2. The highest BCUT2D eigenvalue weighted by atomic mass is 19.4. The number of carbonyl (C=O) groups is 2. The Morgan fingerprint density at radius 1 is 1.06 bits per heavy atom.